The first-order valence-electron chi connectivity index (χ1n) is 6.03. The van der Waals surface area contributed by atoms with E-state index in [1.807, 2.05) is 26.1 Å². The Bertz CT molecular complexity index is 322. The molecule has 6 nitrogen and oxygen atoms in total. The van der Waals surface area contributed by atoms with Gasteiger partial charge < -0.3 is 24.0 Å². The van der Waals surface area contributed by atoms with Gasteiger partial charge in [0, 0.05) is 40.7 Å². The van der Waals surface area contributed by atoms with Gasteiger partial charge in [-0.15, -0.1) is 0 Å². The Labute approximate surface area is 132 Å². The van der Waals surface area contributed by atoms with Crippen molar-refractivity contribution in [2.24, 2.45) is 0 Å². The molecule has 2 heterocycles. The number of aliphatic hydroxyl groups excluding tert-OH is 2. The van der Waals surface area contributed by atoms with Gasteiger partial charge in [0.25, 0.3) is 0 Å². The Morgan fingerprint density at radius 1 is 1.47 bits per heavy atom. The van der Waals surface area contributed by atoms with Gasteiger partial charge in [-0.3, -0.25) is 5.41 Å². The fraction of sp³-hybridized carbons (Fsp3) is 0.900. The molecule has 0 aliphatic carbocycles. The van der Waals surface area contributed by atoms with E-state index < -0.39 is 18.3 Å². The number of likely N-dealkylation sites (tertiary alicyclic amines) is 1. The molecule has 0 aromatic carbocycles. The zero-order chi connectivity index (χ0) is 13.8. The van der Waals surface area contributed by atoms with E-state index in [2.05, 4.69) is 0 Å². The maximum Gasteiger partial charge on any atom is 0.158 e. The second kappa shape index (κ2) is 7.66. The van der Waals surface area contributed by atoms with Crippen LogP contribution in [0.2, 0.25) is 0 Å². The SMILES string of the molecule is N=C(S[C@@H]1CC(O)[C@H](O)C(COSI)O1)N1CCC1. The molecule has 2 aliphatic rings. The van der Waals surface area contributed by atoms with Gasteiger partial charge in [-0.2, -0.15) is 0 Å². The molecule has 2 unspecified atom stereocenters. The summed E-state index contributed by atoms with van der Waals surface area (Å²) in [5, 5.41) is 28.1. The molecule has 0 aromatic heterocycles. The number of rotatable bonds is 4. The Kier molecular flexibility index (Phi) is 6.50. The van der Waals surface area contributed by atoms with Crippen molar-refractivity contribution < 1.29 is 19.1 Å². The molecule has 0 saturated carbocycles. The van der Waals surface area contributed by atoms with Gasteiger partial charge in [0.1, 0.15) is 17.6 Å². The minimum atomic E-state index is -0.932. The van der Waals surface area contributed by atoms with E-state index in [0.717, 1.165) is 19.5 Å². The lowest BCUT2D eigenvalue weighted by Gasteiger charge is -2.38. The summed E-state index contributed by atoms with van der Waals surface area (Å²) in [5.74, 6) is 0. The molecular formula is C10H17IN2O4S2. The van der Waals surface area contributed by atoms with E-state index in [9.17, 15) is 10.2 Å². The minimum Gasteiger partial charge on any atom is -0.390 e. The van der Waals surface area contributed by atoms with E-state index in [-0.39, 0.29) is 12.0 Å². The smallest absolute Gasteiger partial charge is 0.158 e. The van der Waals surface area contributed by atoms with E-state index in [1.165, 1.54) is 21.0 Å². The first kappa shape index (κ1) is 16.1. The summed E-state index contributed by atoms with van der Waals surface area (Å²) in [6.45, 7) is 2.06. The van der Waals surface area contributed by atoms with Crippen molar-refractivity contribution in [3.63, 3.8) is 0 Å². The van der Waals surface area contributed by atoms with Crippen molar-refractivity contribution in [1.29, 1.82) is 5.41 Å². The van der Waals surface area contributed by atoms with E-state index in [4.69, 9.17) is 14.3 Å². The van der Waals surface area contributed by atoms with Crippen LogP contribution in [0.25, 0.3) is 0 Å². The third-order valence-corrected chi connectivity index (χ3v) is 5.23. The molecule has 2 saturated heterocycles. The fourth-order valence-electron chi connectivity index (χ4n) is 1.94. The summed E-state index contributed by atoms with van der Waals surface area (Å²) in [4.78, 5) is 1.97. The van der Waals surface area contributed by atoms with Crippen molar-refractivity contribution in [2.45, 2.75) is 36.6 Å². The van der Waals surface area contributed by atoms with Crippen LogP contribution in [-0.4, -0.2) is 63.7 Å². The summed E-state index contributed by atoms with van der Waals surface area (Å²) in [6, 6.07) is 0. The van der Waals surface area contributed by atoms with Crippen LogP contribution in [0, 0.1) is 5.41 Å². The Morgan fingerprint density at radius 2 is 2.21 bits per heavy atom. The number of ether oxygens (including phenoxy) is 1. The van der Waals surface area contributed by atoms with Gasteiger partial charge in [0.15, 0.2) is 5.17 Å². The number of thioether (sulfide) groups is 1. The number of nitrogens with one attached hydrogen (secondary N) is 1. The summed E-state index contributed by atoms with van der Waals surface area (Å²) < 4.78 is 10.9. The van der Waals surface area contributed by atoms with Gasteiger partial charge in [0.2, 0.25) is 0 Å². The highest BCUT2D eigenvalue weighted by molar-refractivity contribution is 14.2. The molecule has 19 heavy (non-hydrogen) atoms. The molecule has 9 heteroatoms. The highest BCUT2D eigenvalue weighted by Crippen LogP contribution is 2.31. The Morgan fingerprint density at radius 3 is 2.79 bits per heavy atom. The topological polar surface area (TPSA) is 86.0 Å². The monoisotopic (exact) mass is 420 g/mol. The molecule has 0 bridgehead atoms. The van der Waals surface area contributed by atoms with Crippen LogP contribution in [0.4, 0.5) is 0 Å². The summed E-state index contributed by atoms with van der Waals surface area (Å²) in [6.07, 6.45) is -0.857. The largest absolute Gasteiger partial charge is 0.390 e. The number of amidine groups is 1. The number of aliphatic hydroxyl groups is 2. The van der Waals surface area contributed by atoms with Crippen LogP contribution in [0.1, 0.15) is 12.8 Å². The third kappa shape index (κ3) is 4.35. The highest BCUT2D eigenvalue weighted by Gasteiger charge is 2.38. The second-order valence-corrected chi connectivity index (χ2v) is 7.10. The van der Waals surface area contributed by atoms with E-state index in [1.54, 1.807) is 0 Å². The highest BCUT2D eigenvalue weighted by atomic mass is 127. The lowest BCUT2D eigenvalue weighted by atomic mass is 10.0. The quantitative estimate of drug-likeness (QED) is 0.273. The van der Waals surface area contributed by atoms with E-state index >= 15 is 0 Å². The van der Waals surface area contributed by atoms with Crippen LogP contribution in [0.15, 0.2) is 0 Å². The molecule has 3 N–H and O–H groups in total. The lowest BCUT2D eigenvalue weighted by Crippen LogP contribution is -2.50. The number of hydrogen-bond donors (Lipinski definition) is 3. The molecule has 0 amide bonds. The van der Waals surface area contributed by atoms with Crippen LogP contribution in [0.3, 0.4) is 0 Å². The normalized spacial score (nSPS) is 35.0. The average Bonchev–Trinajstić information content (AvgIpc) is 2.29. The molecular weight excluding hydrogens is 403 g/mol. The van der Waals surface area contributed by atoms with Crippen LogP contribution < -0.4 is 0 Å². The molecule has 2 rings (SSSR count). The predicted molar refractivity (Wildman–Crippen MR) is 84.4 cm³/mol. The molecule has 0 radical (unpaired) electrons. The van der Waals surface area contributed by atoms with Crippen LogP contribution in [0.5, 0.6) is 0 Å². The number of nitrogens with zero attached hydrogens (tertiary/aromatic N) is 1. The first-order chi connectivity index (χ1) is 9.11. The predicted octanol–water partition coefficient (Wildman–Crippen LogP) is 1.21. The molecule has 110 valence electrons. The third-order valence-electron chi connectivity index (χ3n) is 3.20. The summed E-state index contributed by atoms with van der Waals surface area (Å²) in [5.41, 5.74) is -0.306. The van der Waals surface area contributed by atoms with Gasteiger partial charge in [-0.05, 0) is 6.42 Å². The lowest BCUT2D eigenvalue weighted by molar-refractivity contribution is -0.152. The Hall–Kier alpha value is 0.740. The Balaban J connectivity index is 1.84. The van der Waals surface area contributed by atoms with Gasteiger partial charge >= 0.3 is 0 Å². The van der Waals surface area contributed by atoms with Crippen molar-refractivity contribution in [3.8, 4) is 0 Å². The summed E-state index contributed by atoms with van der Waals surface area (Å²) >= 11 is 3.29. The molecule has 4 atom stereocenters. The zero-order valence-corrected chi connectivity index (χ0v) is 14.0. The van der Waals surface area contributed by atoms with Crippen molar-refractivity contribution in [2.75, 3.05) is 19.7 Å². The second-order valence-electron chi connectivity index (χ2n) is 4.51. The minimum absolute atomic E-state index is 0.222. The zero-order valence-electron chi connectivity index (χ0n) is 10.2. The van der Waals surface area contributed by atoms with Crippen molar-refractivity contribution in [1.82, 2.24) is 4.90 Å². The molecule has 2 aliphatic heterocycles. The van der Waals surface area contributed by atoms with Gasteiger partial charge in [-0.1, -0.05) is 11.8 Å². The molecule has 2 fully saturated rings. The number of hydrogen-bond acceptors (Lipinski definition) is 7. The van der Waals surface area contributed by atoms with Crippen LogP contribution >= 0.6 is 42.2 Å². The number of halogens is 1. The fourth-order valence-corrected chi connectivity index (χ4v) is 3.64. The van der Waals surface area contributed by atoms with Gasteiger partial charge in [-0.25, -0.2) is 0 Å². The standard InChI is InChI=1S/C10H17IN2O4S2/c11-19-16-5-7-9(15)6(14)4-8(17-7)18-10(12)13-2-1-3-13/h6-9,12,14-15H,1-5H2/t6?,7?,8-,9+/m1/s1. The van der Waals surface area contributed by atoms with Crippen molar-refractivity contribution in [3.05, 3.63) is 0 Å². The first-order valence-corrected chi connectivity index (χ1v) is 10.2. The van der Waals surface area contributed by atoms with Gasteiger partial charge in [0.05, 0.1) is 21.9 Å². The van der Waals surface area contributed by atoms with Crippen LogP contribution in [-0.2, 0) is 8.92 Å². The van der Waals surface area contributed by atoms with E-state index in [0.29, 0.717) is 11.6 Å². The average molecular weight is 420 g/mol. The molecule has 0 aromatic rings. The summed E-state index contributed by atoms with van der Waals surface area (Å²) in [7, 11) is 1.17. The maximum atomic E-state index is 9.85. The maximum absolute atomic E-state index is 9.85. The van der Waals surface area contributed by atoms with Crippen molar-refractivity contribution >= 4 is 47.3 Å². The molecule has 0 spiro atoms.